The van der Waals surface area contributed by atoms with Crippen LogP contribution >= 0.6 is 0 Å². The van der Waals surface area contributed by atoms with Gasteiger partial charge in [0, 0.05) is 26.3 Å². The molecule has 1 aliphatic heterocycles. The van der Waals surface area contributed by atoms with Crippen molar-refractivity contribution in [2.75, 3.05) is 13.1 Å². The predicted molar refractivity (Wildman–Crippen MR) is 82.8 cm³/mol. The fourth-order valence-corrected chi connectivity index (χ4v) is 5.41. The van der Waals surface area contributed by atoms with Crippen molar-refractivity contribution in [3.05, 3.63) is 48.3 Å². The van der Waals surface area contributed by atoms with Crippen LogP contribution in [0.2, 0.25) is 0 Å². The van der Waals surface area contributed by atoms with Crippen LogP contribution in [0.15, 0.2) is 47.6 Å². The minimum Gasteiger partial charge on any atom is -0.274 e. The lowest BCUT2D eigenvalue weighted by molar-refractivity contribution is -0.0255. The first-order valence-corrected chi connectivity index (χ1v) is 8.96. The zero-order chi connectivity index (χ0) is 15.4. The monoisotopic (exact) mass is 317 g/mol. The first kappa shape index (κ1) is 14.0. The van der Waals surface area contributed by atoms with Crippen molar-refractivity contribution in [2.24, 2.45) is 12.5 Å². The molecule has 1 aliphatic carbocycles. The lowest BCUT2D eigenvalue weighted by atomic mass is 9.57. The molecule has 2 heterocycles. The average Bonchev–Trinajstić information content (AvgIpc) is 2.84. The van der Waals surface area contributed by atoms with Crippen LogP contribution in [0.5, 0.6) is 0 Å². The van der Waals surface area contributed by atoms with Crippen molar-refractivity contribution in [3.63, 3.8) is 0 Å². The molecule has 1 aromatic heterocycles. The molecule has 1 saturated carbocycles. The molecular weight excluding hydrogens is 298 g/mol. The van der Waals surface area contributed by atoms with Crippen LogP contribution in [-0.4, -0.2) is 35.6 Å². The van der Waals surface area contributed by atoms with Gasteiger partial charge in [0.05, 0.1) is 6.20 Å². The van der Waals surface area contributed by atoms with Gasteiger partial charge in [-0.15, -0.1) is 0 Å². The van der Waals surface area contributed by atoms with E-state index in [9.17, 15) is 8.42 Å². The van der Waals surface area contributed by atoms with Crippen molar-refractivity contribution in [1.82, 2.24) is 14.1 Å². The van der Waals surface area contributed by atoms with Crippen molar-refractivity contribution in [3.8, 4) is 0 Å². The summed E-state index contributed by atoms with van der Waals surface area (Å²) in [6.45, 7) is 1.29. The smallest absolute Gasteiger partial charge is 0.246 e. The maximum Gasteiger partial charge on any atom is 0.246 e. The van der Waals surface area contributed by atoms with Crippen LogP contribution in [0.3, 0.4) is 0 Å². The maximum atomic E-state index is 12.5. The summed E-state index contributed by atoms with van der Waals surface area (Å²) in [6, 6.07) is 10.5. The van der Waals surface area contributed by atoms with Gasteiger partial charge in [0.15, 0.2) is 0 Å². The van der Waals surface area contributed by atoms with Gasteiger partial charge in [-0.25, -0.2) is 8.42 Å². The Morgan fingerprint density at radius 3 is 2.45 bits per heavy atom. The Morgan fingerprint density at radius 1 is 1.18 bits per heavy atom. The van der Waals surface area contributed by atoms with Crippen LogP contribution in [0.25, 0.3) is 0 Å². The number of benzene rings is 1. The molecule has 22 heavy (non-hydrogen) atoms. The molecule has 5 nitrogen and oxygen atoms in total. The molecule has 0 radical (unpaired) electrons. The third-order valence-electron chi connectivity index (χ3n) is 4.97. The Bertz CT molecular complexity index is 784. The van der Waals surface area contributed by atoms with Crippen LogP contribution in [0, 0.1) is 5.41 Å². The molecule has 4 rings (SSSR count). The standard InChI is InChI=1S/C16H19N3O2S/c1-18-10-15(9-17-18)22(20,21)19-11-16(12-19)7-14(8-16)13-5-3-2-4-6-13/h2-6,9-10,14H,7-8,11-12H2,1H3. The van der Waals surface area contributed by atoms with Gasteiger partial charge < -0.3 is 0 Å². The first-order valence-electron chi connectivity index (χ1n) is 7.52. The van der Waals surface area contributed by atoms with Crippen molar-refractivity contribution < 1.29 is 8.42 Å². The van der Waals surface area contributed by atoms with E-state index < -0.39 is 10.0 Å². The molecule has 0 atom stereocenters. The van der Waals surface area contributed by atoms with Gasteiger partial charge >= 0.3 is 0 Å². The van der Waals surface area contributed by atoms with E-state index in [0.29, 0.717) is 23.9 Å². The summed E-state index contributed by atoms with van der Waals surface area (Å²) >= 11 is 0. The van der Waals surface area contributed by atoms with E-state index in [0.717, 1.165) is 12.8 Å². The third-order valence-corrected chi connectivity index (χ3v) is 6.72. The maximum absolute atomic E-state index is 12.5. The minimum atomic E-state index is -3.36. The van der Waals surface area contributed by atoms with E-state index in [4.69, 9.17) is 0 Å². The molecule has 0 bridgehead atoms. The first-order chi connectivity index (χ1) is 10.5. The van der Waals surface area contributed by atoms with E-state index in [1.807, 2.05) is 6.07 Å². The number of sulfonamides is 1. The lowest BCUT2D eigenvalue weighted by Crippen LogP contribution is -2.62. The molecular formula is C16H19N3O2S. The molecule has 0 N–H and O–H groups in total. The topological polar surface area (TPSA) is 55.2 Å². The van der Waals surface area contributed by atoms with Crippen molar-refractivity contribution >= 4 is 10.0 Å². The van der Waals surface area contributed by atoms with Crippen molar-refractivity contribution in [1.29, 1.82) is 0 Å². The number of rotatable bonds is 3. The summed E-state index contributed by atoms with van der Waals surface area (Å²) in [7, 11) is -1.63. The molecule has 6 heteroatoms. The van der Waals surface area contributed by atoms with Crippen LogP contribution in [-0.2, 0) is 17.1 Å². The number of aryl methyl sites for hydroxylation is 1. The van der Waals surface area contributed by atoms with Gasteiger partial charge in [-0.05, 0) is 29.7 Å². The molecule has 0 unspecified atom stereocenters. The van der Waals surface area contributed by atoms with E-state index in [1.54, 1.807) is 17.5 Å². The fourth-order valence-electron chi connectivity index (χ4n) is 3.76. The molecule has 1 spiro atoms. The Morgan fingerprint density at radius 2 is 1.86 bits per heavy atom. The molecule has 116 valence electrons. The van der Waals surface area contributed by atoms with Gasteiger partial charge in [-0.1, -0.05) is 30.3 Å². The van der Waals surface area contributed by atoms with E-state index in [-0.39, 0.29) is 5.41 Å². The van der Waals surface area contributed by atoms with E-state index in [2.05, 4.69) is 29.4 Å². The highest BCUT2D eigenvalue weighted by Crippen LogP contribution is 2.56. The number of hydrogen-bond donors (Lipinski definition) is 0. The summed E-state index contributed by atoms with van der Waals surface area (Å²) in [5.74, 6) is 0.587. The van der Waals surface area contributed by atoms with E-state index >= 15 is 0 Å². The molecule has 2 fully saturated rings. The highest BCUT2D eigenvalue weighted by atomic mass is 32.2. The molecule has 0 amide bonds. The summed E-state index contributed by atoms with van der Waals surface area (Å²) in [6.07, 6.45) is 5.17. The molecule has 1 aromatic carbocycles. The third kappa shape index (κ3) is 2.09. The summed E-state index contributed by atoms with van der Waals surface area (Å²) < 4.78 is 28.1. The number of nitrogens with zero attached hydrogens (tertiary/aromatic N) is 3. The molecule has 2 aliphatic rings. The van der Waals surface area contributed by atoms with Crippen LogP contribution in [0.4, 0.5) is 0 Å². The zero-order valence-corrected chi connectivity index (χ0v) is 13.3. The van der Waals surface area contributed by atoms with E-state index in [1.165, 1.54) is 16.4 Å². The van der Waals surface area contributed by atoms with Gasteiger partial charge in [0.2, 0.25) is 10.0 Å². The Labute approximate surface area is 130 Å². The van der Waals surface area contributed by atoms with Gasteiger partial charge in [0.25, 0.3) is 0 Å². The van der Waals surface area contributed by atoms with Gasteiger partial charge in [-0.3, -0.25) is 4.68 Å². The van der Waals surface area contributed by atoms with Gasteiger partial charge in [-0.2, -0.15) is 9.40 Å². The quantitative estimate of drug-likeness (QED) is 0.870. The Balaban J connectivity index is 1.41. The second-order valence-corrected chi connectivity index (χ2v) is 8.58. The van der Waals surface area contributed by atoms with Crippen LogP contribution < -0.4 is 0 Å². The van der Waals surface area contributed by atoms with Gasteiger partial charge in [0.1, 0.15) is 4.90 Å². The average molecular weight is 317 g/mol. The molecule has 1 saturated heterocycles. The Hall–Kier alpha value is -1.66. The largest absolute Gasteiger partial charge is 0.274 e. The number of hydrogen-bond acceptors (Lipinski definition) is 3. The normalized spacial score (nSPS) is 21.5. The fraction of sp³-hybridized carbons (Fsp3) is 0.438. The Kier molecular flexibility index (Phi) is 2.96. The van der Waals surface area contributed by atoms with Crippen molar-refractivity contribution in [2.45, 2.75) is 23.7 Å². The SMILES string of the molecule is Cn1cc(S(=O)(=O)N2CC3(CC(c4ccccc4)C3)C2)cn1. The second kappa shape index (κ2) is 4.67. The highest BCUT2D eigenvalue weighted by Gasteiger charge is 2.55. The summed E-state index contributed by atoms with van der Waals surface area (Å²) in [4.78, 5) is 0.295. The zero-order valence-electron chi connectivity index (χ0n) is 12.5. The highest BCUT2D eigenvalue weighted by molar-refractivity contribution is 7.89. The predicted octanol–water partition coefficient (Wildman–Crippen LogP) is 1.99. The number of aromatic nitrogens is 2. The van der Waals surface area contributed by atoms with Crippen LogP contribution in [0.1, 0.15) is 24.3 Å². The summed E-state index contributed by atoms with van der Waals surface area (Å²) in [5.41, 5.74) is 1.58. The summed E-state index contributed by atoms with van der Waals surface area (Å²) in [5, 5.41) is 3.96. The lowest BCUT2D eigenvalue weighted by Gasteiger charge is -2.58. The second-order valence-electron chi connectivity index (χ2n) is 6.64. The molecule has 2 aromatic rings. The minimum absolute atomic E-state index is 0.204.